The third-order valence-corrected chi connectivity index (χ3v) is 3.42. The van der Waals surface area contributed by atoms with E-state index in [9.17, 15) is 14.9 Å². The molecule has 0 aliphatic carbocycles. The molecule has 0 bridgehead atoms. The SMILES string of the molecule is COc1ccc(OCC(=O)c2cc3ccccc3o2)c([N+](=O)[O-])c1. The van der Waals surface area contributed by atoms with Gasteiger partial charge in [0.15, 0.2) is 18.1 Å². The molecule has 0 aliphatic rings. The number of nitro benzene ring substituents is 1. The molecular weight excluding hydrogens is 314 g/mol. The van der Waals surface area contributed by atoms with E-state index in [2.05, 4.69) is 0 Å². The second-order valence-corrected chi connectivity index (χ2v) is 4.95. The van der Waals surface area contributed by atoms with Gasteiger partial charge in [-0.2, -0.15) is 0 Å². The van der Waals surface area contributed by atoms with Crippen LogP contribution in [0.4, 0.5) is 5.69 Å². The Hall–Kier alpha value is -3.35. The number of carbonyl (C=O) groups excluding carboxylic acids is 1. The maximum atomic E-state index is 12.2. The first-order valence-corrected chi connectivity index (χ1v) is 7.05. The van der Waals surface area contributed by atoms with E-state index in [4.69, 9.17) is 13.9 Å². The van der Waals surface area contributed by atoms with Crippen LogP contribution in [0.5, 0.6) is 11.5 Å². The van der Waals surface area contributed by atoms with Gasteiger partial charge in [0.05, 0.1) is 18.1 Å². The summed E-state index contributed by atoms with van der Waals surface area (Å²) >= 11 is 0. The van der Waals surface area contributed by atoms with E-state index >= 15 is 0 Å². The number of rotatable bonds is 6. The summed E-state index contributed by atoms with van der Waals surface area (Å²) in [5, 5.41) is 11.9. The number of ketones is 1. The fourth-order valence-electron chi connectivity index (χ4n) is 2.22. The number of ether oxygens (including phenoxy) is 2. The highest BCUT2D eigenvalue weighted by molar-refractivity contribution is 5.98. The van der Waals surface area contributed by atoms with E-state index in [1.807, 2.05) is 12.1 Å². The lowest BCUT2D eigenvalue weighted by Crippen LogP contribution is -2.11. The van der Waals surface area contributed by atoms with Gasteiger partial charge in [0, 0.05) is 5.39 Å². The van der Waals surface area contributed by atoms with Crippen molar-refractivity contribution in [3.05, 3.63) is 64.4 Å². The van der Waals surface area contributed by atoms with Crippen molar-refractivity contribution in [2.24, 2.45) is 0 Å². The number of furan rings is 1. The van der Waals surface area contributed by atoms with Crippen LogP contribution < -0.4 is 9.47 Å². The summed E-state index contributed by atoms with van der Waals surface area (Å²) in [5.41, 5.74) is 0.322. The summed E-state index contributed by atoms with van der Waals surface area (Å²) in [5.74, 6) is 0.0617. The zero-order valence-electron chi connectivity index (χ0n) is 12.7. The number of fused-ring (bicyclic) bond motifs is 1. The molecule has 0 atom stereocenters. The van der Waals surface area contributed by atoms with Crippen molar-refractivity contribution in [1.82, 2.24) is 0 Å². The summed E-state index contributed by atoms with van der Waals surface area (Å²) in [6.07, 6.45) is 0. The van der Waals surface area contributed by atoms with Crippen molar-refractivity contribution in [1.29, 1.82) is 0 Å². The smallest absolute Gasteiger partial charge is 0.314 e. The fourth-order valence-corrected chi connectivity index (χ4v) is 2.22. The van der Waals surface area contributed by atoms with Crippen LogP contribution in [0.15, 0.2) is 52.9 Å². The predicted octanol–water partition coefficient (Wildman–Crippen LogP) is 3.61. The topological polar surface area (TPSA) is 91.8 Å². The van der Waals surface area contributed by atoms with Crippen LogP contribution in [0.1, 0.15) is 10.6 Å². The molecular formula is C17H13NO6. The number of para-hydroxylation sites is 1. The van der Waals surface area contributed by atoms with Crippen molar-refractivity contribution >= 4 is 22.4 Å². The van der Waals surface area contributed by atoms with Crippen LogP contribution >= 0.6 is 0 Å². The number of benzene rings is 2. The van der Waals surface area contributed by atoms with Crippen LogP contribution in [0.3, 0.4) is 0 Å². The summed E-state index contributed by atoms with van der Waals surface area (Å²) < 4.78 is 15.7. The van der Waals surface area contributed by atoms with Gasteiger partial charge < -0.3 is 13.9 Å². The Morgan fingerprint density at radius 1 is 1.21 bits per heavy atom. The largest absolute Gasteiger partial charge is 0.496 e. The van der Waals surface area contributed by atoms with Crippen LogP contribution in [-0.2, 0) is 0 Å². The predicted molar refractivity (Wildman–Crippen MR) is 85.7 cm³/mol. The summed E-state index contributed by atoms with van der Waals surface area (Å²) in [6.45, 7) is -0.368. The van der Waals surface area contributed by atoms with E-state index < -0.39 is 10.7 Å². The average Bonchev–Trinajstić information content (AvgIpc) is 3.03. The van der Waals surface area contributed by atoms with Gasteiger partial charge in [-0.1, -0.05) is 18.2 Å². The molecule has 3 rings (SSSR count). The second-order valence-electron chi connectivity index (χ2n) is 4.95. The number of nitrogens with zero attached hydrogens (tertiary/aromatic N) is 1. The van der Waals surface area contributed by atoms with Gasteiger partial charge in [0.1, 0.15) is 11.3 Å². The van der Waals surface area contributed by atoms with Gasteiger partial charge >= 0.3 is 5.69 Å². The van der Waals surface area contributed by atoms with E-state index in [0.29, 0.717) is 11.3 Å². The number of Topliss-reactive ketones (excluding diaryl/α,β-unsaturated/α-hetero) is 1. The van der Waals surface area contributed by atoms with Gasteiger partial charge in [-0.3, -0.25) is 14.9 Å². The number of nitro groups is 1. The molecule has 0 unspecified atom stereocenters. The zero-order chi connectivity index (χ0) is 17.1. The van der Waals surface area contributed by atoms with E-state index in [1.54, 1.807) is 18.2 Å². The first-order chi connectivity index (χ1) is 11.6. The first-order valence-electron chi connectivity index (χ1n) is 7.05. The summed E-state index contributed by atoms with van der Waals surface area (Å²) in [6, 6.07) is 13.0. The number of methoxy groups -OCH3 is 1. The molecule has 0 radical (unpaired) electrons. The highest BCUT2D eigenvalue weighted by Gasteiger charge is 2.19. The number of carbonyl (C=O) groups is 1. The van der Waals surface area contributed by atoms with E-state index in [1.165, 1.54) is 25.3 Å². The number of hydrogen-bond donors (Lipinski definition) is 0. The highest BCUT2D eigenvalue weighted by Crippen LogP contribution is 2.31. The Morgan fingerprint density at radius 2 is 2.00 bits per heavy atom. The van der Waals surface area contributed by atoms with Crippen molar-refractivity contribution in [3.8, 4) is 11.5 Å². The molecule has 7 nitrogen and oxygen atoms in total. The minimum atomic E-state index is -0.594. The molecule has 0 saturated carbocycles. The fraction of sp³-hybridized carbons (Fsp3) is 0.118. The van der Waals surface area contributed by atoms with Crippen molar-refractivity contribution in [2.45, 2.75) is 0 Å². The molecule has 0 aliphatic heterocycles. The molecule has 122 valence electrons. The summed E-state index contributed by atoms with van der Waals surface area (Å²) in [7, 11) is 1.41. The zero-order valence-corrected chi connectivity index (χ0v) is 12.7. The second kappa shape index (κ2) is 6.41. The lowest BCUT2D eigenvalue weighted by atomic mass is 10.2. The highest BCUT2D eigenvalue weighted by atomic mass is 16.6. The van der Waals surface area contributed by atoms with Gasteiger partial charge in [0.2, 0.25) is 5.78 Å². The molecule has 7 heteroatoms. The van der Waals surface area contributed by atoms with Gasteiger partial charge in [-0.25, -0.2) is 0 Å². The van der Waals surface area contributed by atoms with E-state index in [0.717, 1.165) is 5.39 Å². The van der Waals surface area contributed by atoms with Gasteiger partial charge in [-0.05, 0) is 24.3 Å². The van der Waals surface area contributed by atoms with Gasteiger partial charge in [0.25, 0.3) is 0 Å². The molecule has 2 aromatic carbocycles. The van der Waals surface area contributed by atoms with Crippen LogP contribution in [-0.4, -0.2) is 24.4 Å². The minimum absolute atomic E-state index is 0.00902. The standard InChI is InChI=1S/C17H13NO6/c1-22-12-6-7-16(13(9-12)18(20)21)23-10-14(19)17-8-11-4-2-3-5-15(11)24-17/h2-9H,10H2,1H3. The third-order valence-electron chi connectivity index (χ3n) is 3.42. The molecule has 3 aromatic rings. The average molecular weight is 327 g/mol. The van der Waals surface area contributed by atoms with Crippen molar-refractivity contribution < 1.29 is 23.6 Å². The Morgan fingerprint density at radius 3 is 2.71 bits per heavy atom. The Kier molecular flexibility index (Phi) is 4.15. The molecule has 0 fully saturated rings. The molecule has 0 N–H and O–H groups in total. The molecule has 0 saturated heterocycles. The van der Waals surface area contributed by atoms with Crippen molar-refractivity contribution in [3.63, 3.8) is 0 Å². The quantitative estimate of drug-likeness (QED) is 0.390. The van der Waals surface area contributed by atoms with Crippen LogP contribution in [0.25, 0.3) is 11.0 Å². The molecule has 1 heterocycles. The van der Waals surface area contributed by atoms with Crippen LogP contribution in [0, 0.1) is 10.1 Å². The first kappa shape index (κ1) is 15.5. The molecule has 0 spiro atoms. The van der Waals surface area contributed by atoms with E-state index in [-0.39, 0.29) is 23.8 Å². The Balaban J connectivity index is 1.77. The lowest BCUT2D eigenvalue weighted by molar-refractivity contribution is -0.385. The molecule has 24 heavy (non-hydrogen) atoms. The normalized spacial score (nSPS) is 10.5. The molecule has 0 amide bonds. The van der Waals surface area contributed by atoms with Crippen LogP contribution in [0.2, 0.25) is 0 Å². The maximum Gasteiger partial charge on any atom is 0.314 e. The molecule has 1 aromatic heterocycles. The number of hydrogen-bond acceptors (Lipinski definition) is 6. The minimum Gasteiger partial charge on any atom is -0.496 e. The Bertz CT molecular complexity index is 881. The van der Waals surface area contributed by atoms with Crippen molar-refractivity contribution in [2.75, 3.05) is 13.7 Å². The third kappa shape index (κ3) is 3.05. The lowest BCUT2D eigenvalue weighted by Gasteiger charge is -2.06. The summed E-state index contributed by atoms with van der Waals surface area (Å²) in [4.78, 5) is 22.7. The monoisotopic (exact) mass is 327 g/mol. The maximum absolute atomic E-state index is 12.2. The van der Waals surface area contributed by atoms with Gasteiger partial charge in [-0.15, -0.1) is 0 Å². The Labute approximate surface area is 136 Å².